The van der Waals surface area contributed by atoms with Crippen molar-refractivity contribution >= 4 is 0 Å². The van der Waals surface area contributed by atoms with Crippen LogP contribution in [0.5, 0.6) is 0 Å². The van der Waals surface area contributed by atoms with Gasteiger partial charge in [-0.2, -0.15) is 0 Å². The third-order valence-electron chi connectivity index (χ3n) is 9.33. The Hall–Kier alpha value is -1.22. The zero-order valence-corrected chi connectivity index (χ0v) is 31.1. The standard InChI is InChI=1S/C42H79NO2/c1-5-7-9-11-13-15-17-19-21-23-25-27-29-31-33-35-37-42(44-40-41(45-42)39-43(3)4)38-36-34-32-30-28-26-24-22-20-18-16-14-12-10-8-6-2/h19-22,40H,5-18,23-39H2,1-4H3/b21-19-,22-20-. The molecule has 0 aliphatic carbocycles. The molecule has 1 rings (SSSR count). The second kappa shape index (κ2) is 31.4. The summed E-state index contributed by atoms with van der Waals surface area (Å²) in [4.78, 5) is 2.17. The Labute approximate surface area is 283 Å². The maximum atomic E-state index is 6.49. The summed E-state index contributed by atoms with van der Waals surface area (Å²) in [5.41, 5.74) is 0. The van der Waals surface area contributed by atoms with Crippen molar-refractivity contribution in [1.29, 1.82) is 0 Å². The number of rotatable bonds is 34. The molecular weight excluding hydrogens is 550 g/mol. The molecule has 0 radical (unpaired) electrons. The van der Waals surface area contributed by atoms with E-state index in [1.165, 1.54) is 180 Å². The van der Waals surface area contributed by atoms with Crippen molar-refractivity contribution in [2.45, 2.75) is 212 Å². The van der Waals surface area contributed by atoms with Crippen molar-refractivity contribution in [3.05, 3.63) is 36.3 Å². The van der Waals surface area contributed by atoms with Crippen LogP contribution in [0.15, 0.2) is 36.3 Å². The molecule has 3 nitrogen and oxygen atoms in total. The molecule has 0 fully saturated rings. The number of allylic oxidation sites excluding steroid dienone is 4. The quantitative estimate of drug-likeness (QED) is 0.0522. The molecule has 0 aromatic carbocycles. The summed E-state index contributed by atoms with van der Waals surface area (Å²) in [6.07, 6.45) is 51.3. The van der Waals surface area contributed by atoms with Gasteiger partial charge in [-0.1, -0.05) is 154 Å². The first-order valence-electron chi connectivity index (χ1n) is 20.1. The van der Waals surface area contributed by atoms with Crippen LogP contribution in [0, 0.1) is 0 Å². The summed E-state index contributed by atoms with van der Waals surface area (Å²) in [5.74, 6) is 0.585. The lowest BCUT2D eigenvalue weighted by atomic mass is 9.98. The van der Waals surface area contributed by atoms with E-state index in [-0.39, 0.29) is 0 Å². The Bertz CT molecular complexity index is 667. The number of unbranched alkanes of at least 4 members (excludes halogenated alkanes) is 24. The SMILES string of the molecule is CCCCCCCC/C=C\CCCCCCCCC1(CCCCCCCC/C=C\CCCCCCCC)OC=C(CN(C)C)O1. The third kappa shape index (κ3) is 26.5. The molecule has 0 N–H and O–H groups in total. The van der Waals surface area contributed by atoms with Crippen molar-refractivity contribution in [3.63, 3.8) is 0 Å². The largest absolute Gasteiger partial charge is 0.456 e. The van der Waals surface area contributed by atoms with E-state index in [1.807, 2.05) is 6.26 Å². The first-order valence-corrected chi connectivity index (χ1v) is 20.1. The number of nitrogens with zero attached hydrogens (tertiary/aromatic N) is 1. The van der Waals surface area contributed by atoms with Crippen molar-refractivity contribution in [2.75, 3.05) is 20.6 Å². The molecule has 0 aromatic rings. The monoisotopic (exact) mass is 630 g/mol. The van der Waals surface area contributed by atoms with Gasteiger partial charge in [-0.25, -0.2) is 0 Å². The maximum absolute atomic E-state index is 6.49. The van der Waals surface area contributed by atoms with Gasteiger partial charge in [-0.3, -0.25) is 0 Å². The first-order chi connectivity index (χ1) is 22.1. The fraction of sp³-hybridized carbons (Fsp3) is 0.857. The number of ether oxygens (including phenoxy) is 2. The molecular formula is C42H79NO2. The van der Waals surface area contributed by atoms with Gasteiger partial charge >= 0.3 is 0 Å². The molecule has 0 bridgehead atoms. The van der Waals surface area contributed by atoms with E-state index in [2.05, 4.69) is 57.1 Å². The zero-order valence-electron chi connectivity index (χ0n) is 31.1. The Morgan fingerprint density at radius 1 is 0.489 bits per heavy atom. The van der Waals surface area contributed by atoms with Crippen LogP contribution >= 0.6 is 0 Å². The second-order valence-corrected chi connectivity index (χ2v) is 14.3. The molecule has 0 amide bonds. The molecule has 0 unspecified atom stereocenters. The van der Waals surface area contributed by atoms with Gasteiger partial charge in [-0.15, -0.1) is 0 Å². The van der Waals surface area contributed by atoms with Crippen LogP contribution in [-0.4, -0.2) is 31.3 Å². The topological polar surface area (TPSA) is 21.7 Å². The highest BCUT2D eigenvalue weighted by molar-refractivity contribution is 4.99. The number of hydrogen-bond donors (Lipinski definition) is 0. The van der Waals surface area contributed by atoms with E-state index >= 15 is 0 Å². The zero-order chi connectivity index (χ0) is 32.5. The average Bonchev–Trinajstić information content (AvgIpc) is 3.42. The molecule has 1 aliphatic rings. The predicted molar refractivity (Wildman–Crippen MR) is 200 cm³/mol. The predicted octanol–water partition coefficient (Wildman–Crippen LogP) is 14.0. The van der Waals surface area contributed by atoms with Gasteiger partial charge < -0.3 is 14.4 Å². The van der Waals surface area contributed by atoms with Crippen molar-refractivity contribution in [1.82, 2.24) is 4.90 Å². The molecule has 1 aliphatic heterocycles. The normalized spacial score (nSPS) is 14.6. The fourth-order valence-corrected chi connectivity index (χ4v) is 6.47. The summed E-state index contributed by atoms with van der Waals surface area (Å²) in [7, 11) is 4.20. The van der Waals surface area contributed by atoms with Gasteiger partial charge in [0, 0.05) is 12.8 Å². The Balaban J connectivity index is 2.09. The summed E-state index contributed by atoms with van der Waals surface area (Å²) in [6.45, 7) is 5.40. The van der Waals surface area contributed by atoms with Gasteiger partial charge in [0.05, 0.1) is 6.54 Å². The highest BCUT2D eigenvalue weighted by Gasteiger charge is 2.37. The highest BCUT2D eigenvalue weighted by Crippen LogP contribution is 2.36. The van der Waals surface area contributed by atoms with Gasteiger partial charge in [0.2, 0.25) is 5.79 Å². The Morgan fingerprint density at radius 2 is 0.822 bits per heavy atom. The molecule has 0 saturated carbocycles. The highest BCUT2D eigenvalue weighted by atomic mass is 16.7. The van der Waals surface area contributed by atoms with Crippen LogP contribution < -0.4 is 0 Å². The van der Waals surface area contributed by atoms with E-state index in [0.29, 0.717) is 0 Å². The molecule has 0 aromatic heterocycles. The van der Waals surface area contributed by atoms with Crippen molar-refractivity contribution in [3.8, 4) is 0 Å². The lowest BCUT2D eigenvalue weighted by Gasteiger charge is -2.29. The minimum Gasteiger partial charge on any atom is -0.456 e. The second-order valence-electron chi connectivity index (χ2n) is 14.3. The van der Waals surface area contributed by atoms with Gasteiger partial charge in [-0.05, 0) is 78.3 Å². The molecule has 264 valence electrons. The van der Waals surface area contributed by atoms with Gasteiger partial charge in [0.1, 0.15) is 12.0 Å². The molecule has 0 atom stereocenters. The third-order valence-corrected chi connectivity index (χ3v) is 9.33. The fourth-order valence-electron chi connectivity index (χ4n) is 6.47. The lowest BCUT2D eigenvalue weighted by Crippen LogP contribution is -2.31. The molecule has 1 heterocycles. The molecule has 0 saturated heterocycles. The van der Waals surface area contributed by atoms with E-state index in [1.54, 1.807) is 0 Å². The Morgan fingerprint density at radius 3 is 1.18 bits per heavy atom. The maximum Gasteiger partial charge on any atom is 0.250 e. The van der Waals surface area contributed by atoms with Crippen LogP contribution in [0.3, 0.4) is 0 Å². The van der Waals surface area contributed by atoms with Crippen LogP contribution in [-0.2, 0) is 9.47 Å². The van der Waals surface area contributed by atoms with Gasteiger partial charge in [0.25, 0.3) is 0 Å². The Kier molecular flexibility index (Phi) is 29.2. The van der Waals surface area contributed by atoms with Crippen LogP contribution in [0.25, 0.3) is 0 Å². The van der Waals surface area contributed by atoms with Crippen LogP contribution in [0.2, 0.25) is 0 Å². The van der Waals surface area contributed by atoms with E-state index < -0.39 is 5.79 Å². The average molecular weight is 630 g/mol. The number of hydrogen-bond acceptors (Lipinski definition) is 3. The summed E-state index contributed by atoms with van der Waals surface area (Å²) in [5, 5.41) is 0. The van der Waals surface area contributed by atoms with Crippen molar-refractivity contribution < 1.29 is 9.47 Å². The van der Waals surface area contributed by atoms with E-state index in [4.69, 9.17) is 9.47 Å². The minimum absolute atomic E-state index is 0.410. The van der Waals surface area contributed by atoms with E-state index in [9.17, 15) is 0 Å². The summed E-state index contributed by atoms with van der Waals surface area (Å²) in [6, 6.07) is 0. The van der Waals surface area contributed by atoms with Crippen LogP contribution in [0.1, 0.15) is 206 Å². The molecule has 45 heavy (non-hydrogen) atoms. The molecule has 3 heteroatoms. The van der Waals surface area contributed by atoms with Crippen molar-refractivity contribution in [2.24, 2.45) is 0 Å². The number of likely N-dealkylation sites (N-methyl/N-ethyl adjacent to an activating group) is 1. The summed E-state index contributed by atoms with van der Waals surface area (Å²) < 4.78 is 12.8. The smallest absolute Gasteiger partial charge is 0.250 e. The minimum atomic E-state index is -0.410. The summed E-state index contributed by atoms with van der Waals surface area (Å²) >= 11 is 0. The lowest BCUT2D eigenvalue weighted by molar-refractivity contribution is -0.161. The van der Waals surface area contributed by atoms with E-state index in [0.717, 1.165) is 25.1 Å². The van der Waals surface area contributed by atoms with Crippen LogP contribution in [0.4, 0.5) is 0 Å². The first kappa shape index (κ1) is 41.8. The molecule has 0 spiro atoms. The van der Waals surface area contributed by atoms with Gasteiger partial charge in [0.15, 0.2) is 0 Å².